The first-order chi connectivity index (χ1) is 13.2. The topological polar surface area (TPSA) is 53.8 Å². The summed E-state index contributed by atoms with van der Waals surface area (Å²) in [4.78, 5) is 4.56. The molecule has 0 aliphatic carbocycles. The minimum atomic E-state index is -0.187. The van der Waals surface area contributed by atoms with Gasteiger partial charge in [-0.1, -0.05) is 6.07 Å². The fourth-order valence-corrected chi connectivity index (χ4v) is 3.96. The second-order valence-corrected chi connectivity index (χ2v) is 7.32. The van der Waals surface area contributed by atoms with Gasteiger partial charge in [-0.25, -0.2) is 4.39 Å². The number of halogens is 1. The number of anilines is 4. The minimum Gasteiger partial charge on any atom is -0.399 e. The largest absolute Gasteiger partial charge is 0.399 e. The van der Waals surface area contributed by atoms with Gasteiger partial charge >= 0.3 is 0 Å². The second kappa shape index (κ2) is 8.05. The molecule has 6 heteroatoms. The monoisotopic (exact) mass is 370 g/mol. The molecular weight excluding hydrogens is 343 g/mol. The fourth-order valence-electron chi connectivity index (χ4n) is 3.96. The van der Waals surface area contributed by atoms with Gasteiger partial charge in [0.2, 0.25) is 0 Å². The zero-order chi connectivity index (χ0) is 18.6. The smallest absolute Gasteiger partial charge is 0.125 e. The maximum Gasteiger partial charge on any atom is 0.125 e. The van der Waals surface area contributed by atoms with Gasteiger partial charge in [0.1, 0.15) is 5.82 Å². The molecule has 4 rings (SSSR count). The van der Waals surface area contributed by atoms with Gasteiger partial charge in [-0.2, -0.15) is 0 Å². The van der Waals surface area contributed by atoms with E-state index in [1.165, 1.54) is 6.07 Å². The molecule has 2 aliphatic heterocycles. The van der Waals surface area contributed by atoms with E-state index in [-0.39, 0.29) is 5.82 Å². The number of hydrogen-bond donors (Lipinski definition) is 2. The van der Waals surface area contributed by atoms with Crippen LogP contribution in [0.4, 0.5) is 27.1 Å². The zero-order valence-electron chi connectivity index (χ0n) is 15.5. The van der Waals surface area contributed by atoms with Crippen LogP contribution >= 0.6 is 0 Å². The Morgan fingerprint density at radius 1 is 1.00 bits per heavy atom. The maximum absolute atomic E-state index is 13.6. The Balaban J connectivity index is 1.46. The molecule has 0 saturated carbocycles. The lowest BCUT2D eigenvalue weighted by Crippen LogP contribution is -2.42. The number of nitrogens with zero attached hydrogens (tertiary/aromatic N) is 2. The van der Waals surface area contributed by atoms with Crippen molar-refractivity contribution in [1.82, 2.24) is 0 Å². The van der Waals surface area contributed by atoms with Crippen molar-refractivity contribution < 1.29 is 9.13 Å². The first-order valence-corrected chi connectivity index (χ1v) is 9.68. The molecule has 0 amide bonds. The van der Waals surface area contributed by atoms with Gasteiger partial charge in [-0.05, 0) is 49.2 Å². The van der Waals surface area contributed by atoms with Crippen LogP contribution in [0.2, 0.25) is 0 Å². The molecule has 2 fully saturated rings. The number of ether oxygens (including phenoxy) is 1. The highest BCUT2D eigenvalue weighted by Gasteiger charge is 2.21. The van der Waals surface area contributed by atoms with Crippen molar-refractivity contribution in [2.75, 3.05) is 60.2 Å². The summed E-state index contributed by atoms with van der Waals surface area (Å²) >= 11 is 0. The Kier molecular flexibility index (Phi) is 5.34. The predicted molar refractivity (Wildman–Crippen MR) is 109 cm³/mol. The van der Waals surface area contributed by atoms with E-state index in [0.29, 0.717) is 6.04 Å². The molecule has 27 heavy (non-hydrogen) atoms. The third-order valence-electron chi connectivity index (χ3n) is 5.28. The summed E-state index contributed by atoms with van der Waals surface area (Å²) in [6, 6.07) is 13.3. The normalized spacial score (nSPS) is 20.6. The van der Waals surface area contributed by atoms with Crippen molar-refractivity contribution in [3.8, 4) is 0 Å². The first-order valence-electron chi connectivity index (χ1n) is 9.68. The predicted octanol–water partition coefficient (Wildman–Crippen LogP) is 3.33. The molecule has 0 bridgehead atoms. The Labute approximate surface area is 159 Å². The zero-order valence-corrected chi connectivity index (χ0v) is 15.5. The number of morpholine rings is 1. The number of benzene rings is 2. The lowest BCUT2D eigenvalue weighted by molar-refractivity contribution is 0.122. The summed E-state index contributed by atoms with van der Waals surface area (Å²) in [6.45, 7) is 5.09. The van der Waals surface area contributed by atoms with Gasteiger partial charge in [0.25, 0.3) is 0 Å². The van der Waals surface area contributed by atoms with Gasteiger partial charge in [-0.15, -0.1) is 0 Å². The average molecular weight is 370 g/mol. The molecule has 0 aromatic heterocycles. The highest BCUT2D eigenvalue weighted by atomic mass is 19.1. The van der Waals surface area contributed by atoms with E-state index in [2.05, 4.69) is 21.2 Å². The third-order valence-corrected chi connectivity index (χ3v) is 5.28. The van der Waals surface area contributed by atoms with Crippen molar-refractivity contribution >= 4 is 22.7 Å². The maximum atomic E-state index is 13.6. The SMILES string of the molecule is Nc1cc(N[C@@H]2CCCN(c3cccc(F)c3)C2)cc(N2CCOCC2)c1. The van der Waals surface area contributed by atoms with Gasteiger partial charge in [-0.3, -0.25) is 0 Å². The van der Waals surface area contributed by atoms with Crippen molar-refractivity contribution in [1.29, 1.82) is 0 Å². The molecular formula is C21H27FN4O. The molecule has 0 unspecified atom stereocenters. The average Bonchev–Trinajstić information content (AvgIpc) is 2.68. The molecule has 0 spiro atoms. The van der Waals surface area contributed by atoms with Gasteiger partial charge < -0.3 is 25.6 Å². The molecule has 3 N–H and O–H groups in total. The van der Waals surface area contributed by atoms with E-state index in [1.54, 1.807) is 12.1 Å². The molecule has 2 heterocycles. The van der Waals surface area contributed by atoms with Crippen LogP contribution in [0.1, 0.15) is 12.8 Å². The lowest BCUT2D eigenvalue weighted by Gasteiger charge is -2.35. The molecule has 2 aromatic carbocycles. The van der Waals surface area contributed by atoms with Gasteiger partial charge in [0, 0.05) is 55.0 Å². The van der Waals surface area contributed by atoms with Crippen LogP contribution in [-0.2, 0) is 4.74 Å². The van der Waals surface area contributed by atoms with Gasteiger partial charge in [0.05, 0.1) is 13.2 Å². The van der Waals surface area contributed by atoms with Crippen molar-refractivity contribution in [2.24, 2.45) is 0 Å². The molecule has 2 aliphatic rings. The van der Waals surface area contributed by atoms with E-state index < -0.39 is 0 Å². The van der Waals surface area contributed by atoms with Crippen LogP contribution in [0.15, 0.2) is 42.5 Å². The van der Waals surface area contributed by atoms with E-state index >= 15 is 0 Å². The molecule has 5 nitrogen and oxygen atoms in total. The number of rotatable bonds is 4. The molecule has 2 aromatic rings. The van der Waals surface area contributed by atoms with E-state index in [0.717, 1.165) is 75.0 Å². The summed E-state index contributed by atoms with van der Waals surface area (Å²) in [6.07, 6.45) is 2.17. The Bertz CT molecular complexity index is 779. The Hall–Kier alpha value is -2.47. The van der Waals surface area contributed by atoms with Crippen LogP contribution < -0.4 is 20.9 Å². The van der Waals surface area contributed by atoms with E-state index in [1.807, 2.05) is 18.2 Å². The van der Waals surface area contributed by atoms with Crippen LogP contribution in [0.5, 0.6) is 0 Å². The first kappa shape index (κ1) is 17.9. The van der Waals surface area contributed by atoms with Crippen LogP contribution in [0, 0.1) is 5.82 Å². The van der Waals surface area contributed by atoms with Crippen molar-refractivity contribution in [2.45, 2.75) is 18.9 Å². The summed E-state index contributed by atoms with van der Waals surface area (Å²) in [5, 5.41) is 3.64. The minimum absolute atomic E-state index is 0.187. The highest BCUT2D eigenvalue weighted by molar-refractivity contribution is 5.67. The highest BCUT2D eigenvalue weighted by Crippen LogP contribution is 2.27. The quantitative estimate of drug-likeness (QED) is 0.809. The van der Waals surface area contributed by atoms with Crippen LogP contribution in [-0.4, -0.2) is 45.4 Å². The summed E-state index contributed by atoms with van der Waals surface area (Å²) in [5.74, 6) is -0.187. The Morgan fingerprint density at radius 3 is 2.67 bits per heavy atom. The van der Waals surface area contributed by atoms with E-state index in [4.69, 9.17) is 10.5 Å². The van der Waals surface area contributed by atoms with Crippen LogP contribution in [0.3, 0.4) is 0 Å². The van der Waals surface area contributed by atoms with Crippen molar-refractivity contribution in [3.63, 3.8) is 0 Å². The second-order valence-electron chi connectivity index (χ2n) is 7.32. The van der Waals surface area contributed by atoms with Gasteiger partial charge in [0.15, 0.2) is 0 Å². The van der Waals surface area contributed by atoms with Crippen molar-refractivity contribution in [3.05, 3.63) is 48.3 Å². The molecule has 2 saturated heterocycles. The lowest BCUT2D eigenvalue weighted by atomic mass is 10.0. The molecule has 0 radical (unpaired) electrons. The summed E-state index contributed by atoms with van der Waals surface area (Å²) in [7, 11) is 0. The standard InChI is InChI=1S/C21H27FN4O/c22-16-3-1-5-20(11-16)26-6-2-4-18(15-26)24-19-12-17(23)13-21(14-19)25-7-9-27-10-8-25/h1,3,5,11-14,18,24H,2,4,6-10,15,23H2/t18-/m1/s1. The van der Waals surface area contributed by atoms with E-state index in [9.17, 15) is 4.39 Å². The number of nitrogens with one attached hydrogen (secondary N) is 1. The summed E-state index contributed by atoms with van der Waals surface area (Å²) in [5.41, 5.74) is 10.0. The number of nitrogens with two attached hydrogens (primary N) is 1. The fraction of sp³-hybridized carbons (Fsp3) is 0.429. The molecule has 1 atom stereocenters. The van der Waals surface area contributed by atoms with Crippen LogP contribution in [0.25, 0.3) is 0 Å². The number of nitrogen functional groups attached to an aromatic ring is 1. The third kappa shape index (κ3) is 4.45. The Morgan fingerprint density at radius 2 is 1.85 bits per heavy atom. The number of hydrogen-bond acceptors (Lipinski definition) is 5. The number of piperidine rings is 1. The summed E-state index contributed by atoms with van der Waals surface area (Å²) < 4.78 is 19.0. The molecule has 144 valence electrons.